The van der Waals surface area contributed by atoms with E-state index < -0.39 is 5.82 Å². The Bertz CT molecular complexity index is 1440. The zero-order chi connectivity index (χ0) is 22.1. The van der Waals surface area contributed by atoms with Gasteiger partial charge >= 0.3 is 0 Å². The summed E-state index contributed by atoms with van der Waals surface area (Å²) >= 11 is 5.95. The lowest BCUT2D eigenvalue weighted by molar-refractivity contribution is 0.628. The molecule has 2 aromatic heterocycles. The summed E-state index contributed by atoms with van der Waals surface area (Å²) in [4.78, 5) is 13.5. The Hall–Kier alpha value is -3.90. The number of aromatic nitrogens is 3. The predicted octanol–water partition coefficient (Wildman–Crippen LogP) is 7.03. The fraction of sp³-hybridized carbons (Fsp3) is 0. The van der Waals surface area contributed by atoms with Crippen molar-refractivity contribution >= 4 is 34.0 Å². The van der Waals surface area contributed by atoms with E-state index in [9.17, 15) is 8.78 Å². The first-order valence-corrected chi connectivity index (χ1v) is 10.1. The van der Waals surface area contributed by atoms with Crippen LogP contribution in [0, 0.1) is 11.6 Å². The Morgan fingerprint density at radius 1 is 0.781 bits per heavy atom. The molecule has 4 nitrogen and oxygen atoms in total. The van der Waals surface area contributed by atoms with E-state index in [1.54, 1.807) is 24.5 Å². The average Bonchev–Trinajstić information content (AvgIpc) is 2.82. The van der Waals surface area contributed by atoms with Crippen molar-refractivity contribution in [2.75, 3.05) is 5.32 Å². The van der Waals surface area contributed by atoms with Crippen LogP contribution in [0.25, 0.3) is 33.4 Å². The maximum atomic E-state index is 13.8. The lowest BCUT2D eigenvalue weighted by Crippen LogP contribution is -2.00. The third-order valence-corrected chi connectivity index (χ3v) is 5.25. The minimum atomic E-state index is -0.505. The SMILES string of the molecule is Fc1cccc(-c2ccc3nc(-c4cccnc4)nc(Nc4ccc(F)c(Cl)c4)c3c2)c1. The number of hydrogen-bond donors (Lipinski definition) is 1. The van der Waals surface area contributed by atoms with Crippen molar-refractivity contribution in [1.82, 2.24) is 15.0 Å². The van der Waals surface area contributed by atoms with Gasteiger partial charge in [0.2, 0.25) is 0 Å². The van der Waals surface area contributed by atoms with Gasteiger partial charge < -0.3 is 5.32 Å². The van der Waals surface area contributed by atoms with E-state index in [1.807, 2.05) is 36.4 Å². The summed E-state index contributed by atoms with van der Waals surface area (Å²) in [6.07, 6.45) is 3.36. The minimum Gasteiger partial charge on any atom is -0.340 e. The molecule has 0 aliphatic rings. The normalized spacial score (nSPS) is 11.0. The third kappa shape index (κ3) is 4.00. The molecule has 0 aliphatic heterocycles. The van der Waals surface area contributed by atoms with E-state index in [0.29, 0.717) is 22.8 Å². The number of anilines is 2. The molecule has 7 heteroatoms. The number of nitrogens with zero attached hydrogens (tertiary/aromatic N) is 3. The smallest absolute Gasteiger partial charge is 0.163 e. The van der Waals surface area contributed by atoms with Gasteiger partial charge in [0.15, 0.2) is 5.82 Å². The minimum absolute atomic E-state index is 0.00120. The van der Waals surface area contributed by atoms with Crippen LogP contribution in [0.2, 0.25) is 5.02 Å². The van der Waals surface area contributed by atoms with Crippen molar-refractivity contribution in [1.29, 1.82) is 0 Å². The molecular formula is C25H15ClF2N4. The Labute approximate surface area is 187 Å². The van der Waals surface area contributed by atoms with Crippen molar-refractivity contribution in [2.45, 2.75) is 0 Å². The first-order chi connectivity index (χ1) is 15.6. The molecule has 0 saturated heterocycles. The van der Waals surface area contributed by atoms with Crippen LogP contribution in [0.1, 0.15) is 0 Å². The van der Waals surface area contributed by atoms with Crippen LogP contribution in [0.3, 0.4) is 0 Å². The molecule has 0 radical (unpaired) electrons. The highest BCUT2D eigenvalue weighted by molar-refractivity contribution is 6.31. The molecular weight excluding hydrogens is 430 g/mol. The summed E-state index contributed by atoms with van der Waals surface area (Å²) < 4.78 is 27.4. The first kappa shape index (κ1) is 20.0. The van der Waals surface area contributed by atoms with Gasteiger partial charge in [-0.25, -0.2) is 18.7 Å². The van der Waals surface area contributed by atoms with E-state index in [2.05, 4.69) is 15.3 Å². The Kier molecular flexibility index (Phi) is 5.21. The van der Waals surface area contributed by atoms with Crippen molar-refractivity contribution in [3.8, 4) is 22.5 Å². The van der Waals surface area contributed by atoms with Gasteiger partial charge in [0.05, 0.1) is 10.5 Å². The zero-order valence-electron chi connectivity index (χ0n) is 16.6. The molecule has 1 N–H and O–H groups in total. The van der Waals surface area contributed by atoms with Gasteiger partial charge in [-0.3, -0.25) is 4.98 Å². The van der Waals surface area contributed by atoms with Crippen LogP contribution < -0.4 is 5.32 Å². The third-order valence-electron chi connectivity index (χ3n) is 4.96. The molecule has 0 saturated carbocycles. The highest BCUT2D eigenvalue weighted by atomic mass is 35.5. The number of nitrogens with one attached hydrogen (secondary N) is 1. The molecule has 5 rings (SSSR count). The quantitative estimate of drug-likeness (QED) is 0.323. The molecule has 0 fully saturated rings. The second-order valence-corrected chi connectivity index (χ2v) is 7.54. The van der Waals surface area contributed by atoms with E-state index in [0.717, 1.165) is 22.1 Å². The number of pyridine rings is 1. The highest BCUT2D eigenvalue weighted by Gasteiger charge is 2.13. The maximum Gasteiger partial charge on any atom is 0.163 e. The molecule has 0 unspecified atom stereocenters. The molecule has 3 aromatic carbocycles. The molecule has 0 amide bonds. The lowest BCUT2D eigenvalue weighted by atomic mass is 10.0. The Morgan fingerprint density at radius 3 is 2.41 bits per heavy atom. The molecule has 0 atom stereocenters. The van der Waals surface area contributed by atoms with Gasteiger partial charge in [-0.05, 0) is 65.7 Å². The molecule has 156 valence electrons. The average molecular weight is 445 g/mol. The Balaban J connectivity index is 1.68. The van der Waals surface area contributed by atoms with Gasteiger partial charge in [-0.15, -0.1) is 0 Å². The fourth-order valence-electron chi connectivity index (χ4n) is 3.41. The molecule has 2 heterocycles. The van der Waals surface area contributed by atoms with E-state index in [-0.39, 0.29) is 10.8 Å². The van der Waals surface area contributed by atoms with Crippen LogP contribution in [0.4, 0.5) is 20.3 Å². The summed E-state index contributed by atoms with van der Waals surface area (Å²) in [6.45, 7) is 0. The van der Waals surface area contributed by atoms with E-state index in [1.165, 1.54) is 24.3 Å². The van der Waals surface area contributed by atoms with Crippen molar-refractivity contribution < 1.29 is 8.78 Å². The maximum absolute atomic E-state index is 13.8. The topological polar surface area (TPSA) is 50.7 Å². The van der Waals surface area contributed by atoms with Gasteiger partial charge in [0.1, 0.15) is 17.5 Å². The van der Waals surface area contributed by atoms with Crippen molar-refractivity contribution in [3.63, 3.8) is 0 Å². The number of fused-ring (bicyclic) bond motifs is 1. The molecule has 5 aromatic rings. The monoisotopic (exact) mass is 444 g/mol. The molecule has 0 bridgehead atoms. The Morgan fingerprint density at radius 2 is 1.62 bits per heavy atom. The van der Waals surface area contributed by atoms with Crippen molar-refractivity contribution in [3.05, 3.63) is 102 Å². The number of benzene rings is 3. The summed E-state index contributed by atoms with van der Waals surface area (Å²) in [5.41, 5.74) is 3.57. The largest absolute Gasteiger partial charge is 0.340 e. The highest BCUT2D eigenvalue weighted by Crippen LogP contribution is 2.32. The van der Waals surface area contributed by atoms with Crippen molar-refractivity contribution in [2.24, 2.45) is 0 Å². The standard InChI is InChI=1S/C25H15ClF2N4/c26-21-13-19(7-8-22(21)28)30-25-20-12-16(15-3-1-5-18(27)11-15)6-9-23(20)31-24(32-25)17-4-2-10-29-14-17/h1-14H,(H,30,31,32). The van der Waals surface area contributed by atoms with Crippen LogP contribution in [0.5, 0.6) is 0 Å². The van der Waals surface area contributed by atoms with Crippen LogP contribution in [-0.2, 0) is 0 Å². The first-order valence-electron chi connectivity index (χ1n) is 9.77. The summed E-state index contributed by atoms with van der Waals surface area (Å²) in [5.74, 6) is 0.175. The van der Waals surface area contributed by atoms with Crippen LogP contribution >= 0.6 is 11.6 Å². The van der Waals surface area contributed by atoms with Gasteiger partial charge in [0, 0.05) is 29.0 Å². The molecule has 0 aliphatic carbocycles. The summed E-state index contributed by atoms with van der Waals surface area (Å²) in [6, 6.07) is 20.0. The second kappa shape index (κ2) is 8.32. The van der Waals surface area contributed by atoms with Crippen LogP contribution in [0.15, 0.2) is 85.2 Å². The number of hydrogen-bond acceptors (Lipinski definition) is 4. The number of halogens is 3. The molecule has 32 heavy (non-hydrogen) atoms. The summed E-state index contributed by atoms with van der Waals surface area (Å²) in [5, 5.41) is 3.94. The predicted molar refractivity (Wildman–Crippen MR) is 123 cm³/mol. The van der Waals surface area contributed by atoms with Crippen LogP contribution in [-0.4, -0.2) is 15.0 Å². The zero-order valence-corrected chi connectivity index (χ0v) is 17.3. The van der Waals surface area contributed by atoms with Gasteiger partial charge in [0.25, 0.3) is 0 Å². The van der Waals surface area contributed by atoms with Gasteiger partial charge in [-0.2, -0.15) is 0 Å². The summed E-state index contributed by atoms with van der Waals surface area (Å²) in [7, 11) is 0. The van der Waals surface area contributed by atoms with E-state index in [4.69, 9.17) is 16.6 Å². The second-order valence-electron chi connectivity index (χ2n) is 7.13. The fourth-order valence-corrected chi connectivity index (χ4v) is 3.59. The van der Waals surface area contributed by atoms with Gasteiger partial charge in [-0.1, -0.05) is 29.8 Å². The lowest BCUT2D eigenvalue weighted by Gasteiger charge is -2.13. The van der Waals surface area contributed by atoms with E-state index >= 15 is 0 Å². The molecule has 0 spiro atoms. The number of rotatable bonds is 4.